The predicted octanol–water partition coefficient (Wildman–Crippen LogP) is 2.05. The Balaban J connectivity index is 2.47. The fourth-order valence-corrected chi connectivity index (χ4v) is 1.77. The van der Waals surface area contributed by atoms with Crippen molar-refractivity contribution in [3.8, 4) is 0 Å². The van der Waals surface area contributed by atoms with Crippen LogP contribution in [-0.2, 0) is 11.2 Å². The Bertz CT molecular complexity index is 341. The molecule has 1 rings (SSSR count). The van der Waals surface area contributed by atoms with E-state index in [-0.39, 0.29) is 12.6 Å². The molecular formula is C11H14BrNO2. The molecule has 82 valence electrons. The number of nitrogens with one attached hydrogen (secondary N) is 1. The first-order chi connectivity index (χ1) is 7.09. The molecule has 3 nitrogen and oxygen atoms in total. The SMILES string of the molecule is CC(Cc1ccccc1Br)NCC(=O)O. The molecule has 0 saturated carbocycles. The van der Waals surface area contributed by atoms with Gasteiger partial charge in [0.1, 0.15) is 0 Å². The Kier molecular flexibility index (Phi) is 4.78. The third kappa shape index (κ3) is 4.44. The number of hydrogen-bond acceptors (Lipinski definition) is 2. The van der Waals surface area contributed by atoms with E-state index in [0.717, 1.165) is 10.9 Å². The normalized spacial score (nSPS) is 12.4. The highest BCUT2D eigenvalue weighted by atomic mass is 79.9. The van der Waals surface area contributed by atoms with Crippen molar-refractivity contribution in [2.75, 3.05) is 6.54 Å². The van der Waals surface area contributed by atoms with E-state index in [2.05, 4.69) is 21.2 Å². The zero-order valence-corrected chi connectivity index (χ0v) is 10.1. The van der Waals surface area contributed by atoms with E-state index >= 15 is 0 Å². The van der Waals surface area contributed by atoms with E-state index < -0.39 is 5.97 Å². The molecule has 0 aromatic heterocycles. The Morgan fingerprint density at radius 3 is 2.80 bits per heavy atom. The molecule has 1 unspecified atom stereocenters. The van der Waals surface area contributed by atoms with Crippen LogP contribution in [0.2, 0.25) is 0 Å². The smallest absolute Gasteiger partial charge is 0.317 e. The first-order valence-corrected chi connectivity index (χ1v) is 5.57. The summed E-state index contributed by atoms with van der Waals surface area (Å²) in [6.07, 6.45) is 0.814. The fourth-order valence-electron chi connectivity index (χ4n) is 1.33. The average Bonchev–Trinajstić information content (AvgIpc) is 2.18. The molecule has 15 heavy (non-hydrogen) atoms. The molecule has 0 heterocycles. The third-order valence-electron chi connectivity index (χ3n) is 2.09. The van der Waals surface area contributed by atoms with Crippen molar-refractivity contribution in [3.63, 3.8) is 0 Å². The van der Waals surface area contributed by atoms with Crippen LogP contribution in [0.25, 0.3) is 0 Å². The molecule has 0 aliphatic heterocycles. The van der Waals surface area contributed by atoms with Crippen molar-refractivity contribution in [1.29, 1.82) is 0 Å². The van der Waals surface area contributed by atoms with Crippen LogP contribution >= 0.6 is 15.9 Å². The lowest BCUT2D eigenvalue weighted by Gasteiger charge is -2.13. The number of benzene rings is 1. The minimum Gasteiger partial charge on any atom is -0.480 e. The maximum absolute atomic E-state index is 10.4. The van der Waals surface area contributed by atoms with Crippen molar-refractivity contribution in [2.24, 2.45) is 0 Å². The van der Waals surface area contributed by atoms with Crippen LogP contribution in [0.4, 0.5) is 0 Å². The second kappa shape index (κ2) is 5.88. The zero-order valence-electron chi connectivity index (χ0n) is 8.53. The molecule has 0 fully saturated rings. The topological polar surface area (TPSA) is 49.3 Å². The van der Waals surface area contributed by atoms with Crippen LogP contribution in [0.5, 0.6) is 0 Å². The average molecular weight is 272 g/mol. The second-order valence-electron chi connectivity index (χ2n) is 3.47. The molecule has 0 aliphatic carbocycles. The van der Waals surface area contributed by atoms with Gasteiger partial charge >= 0.3 is 5.97 Å². The highest BCUT2D eigenvalue weighted by Crippen LogP contribution is 2.17. The van der Waals surface area contributed by atoms with Gasteiger partial charge in [0.25, 0.3) is 0 Å². The molecule has 1 aromatic rings. The molecule has 0 amide bonds. The molecule has 0 radical (unpaired) electrons. The van der Waals surface area contributed by atoms with Gasteiger partial charge < -0.3 is 10.4 Å². The van der Waals surface area contributed by atoms with Gasteiger partial charge in [-0.15, -0.1) is 0 Å². The Labute approximate surface area is 97.6 Å². The highest BCUT2D eigenvalue weighted by molar-refractivity contribution is 9.10. The standard InChI is InChI=1S/C11H14BrNO2/c1-8(13-7-11(14)15)6-9-4-2-3-5-10(9)12/h2-5,8,13H,6-7H2,1H3,(H,14,15). The molecular weight excluding hydrogens is 258 g/mol. The van der Waals surface area contributed by atoms with Crippen LogP contribution in [-0.4, -0.2) is 23.7 Å². The van der Waals surface area contributed by atoms with E-state index in [4.69, 9.17) is 5.11 Å². The first kappa shape index (κ1) is 12.2. The fraction of sp³-hybridized carbons (Fsp3) is 0.364. The first-order valence-electron chi connectivity index (χ1n) is 4.78. The Morgan fingerprint density at radius 1 is 1.53 bits per heavy atom. The Morgan fingerprint density at radius 2 is 2.20 bits per heavy atom. The monoisotopic (exact) mass is 271 g/mol. The number of aliphatic carboxylic acids is 1. The summed E-state index contributed by atoms with van der Waals surface area (Å²) >= 11 is 3.46. The molecule has 0 bridgehead atoms. The molecule has 0 saturated heterocycles. The maximum Gasteiger partial charge on any atom is 0.317 e. The third-order valence-corrected chi connectivity index (χ3v) is 2.86. The molecule has 0 aliphatic rings. The Hall–Kier alpha value is -0.870. The molecule has 1 atom stereocenters. The summed E-state index contributed by atoms with van der Waals surface area (Å²) in [5.74, 6) is -0.825. The summed E-state index contributed by atoms with van der Waals surface area (Å²) < 4.78 is 1.06. The number of halogens is 1. The summed E-state index contributed by atoms with van der Waals surface area (Å²) in [4.78, 5) is 10.4. The molecule has 4 heteroatoms. The number of carboxylic acid groups (broad SMARTS) is 1. The summed E-state index contributed by atoms with van der Waals surface area (Å²) in [6.45, 7) is 1.98. The van der Waals surface area contributed by atoms with Gasteiger partial charge in [0, 0.05) is 10.5 Å². The van der Waals surface area contributed by atoms with E-state index in [9.17, 15) is 4.79 Å². The second-order valence-corrected chi connectivity index (χ2v) is 4.33. The molecule has 0 spiro atoms. The van der Waals surface area contributed by atoms with E-state index in [0.29, 0.717) is 0 Å². The summed E-state index contributed by atoms with van der Waals surface area (Å²) in [6, 6.07) is 8.11. The quantitative estimate of drug-likeness (QED) is 0.862. The molecule has 2 N–H and O–H groups in total. The van der Waals surface area contributed by atoms with Crippen molar-refractivity contribution in [2.45, 2.75) is 19.4 Å². The minimum absolute atomic E-state index is 0.00557. The van der Waals surface area contributed by atoms with Crippen LogP contribution in [0.15, 0.2) is 28.7 Å². The van der Waals surface area contributed by atoms with Gasteiger partial charge in [0.15, 0.2) is 0 Å². The number of rotatable bonds is 5. The lowest BCUT2D eigenvalue weighted by molar-refractivity contribution is -0.136. The molecule has 1 aromatic carbocycles. The van der Waals surface area contributed by atoms with Crippen LogP contribution < -0.4 is 5.32 Å². The van der Waals surface area contributed by atoms with E-state index in [1.54, 1.807) is 0 Å². The van der Waals surface area contributed by atoms with Gasteiger partial charge in [-0.2, -0.15) is 0 Å². The summed E-state index contributed by atoms with van der Waals surface area (Å²) in [5, 5.41) is 11.4. The van der Waals surface area contributed by atoms with Crippen LogP contribution in [0, 0.1) is 0 Å². The van der Waals surface area contributed by atoms with E-state index in [1.165, 1.54) is 5.56 Å². The highest BCUT2D eigenvalue weighted by Gasteiger charge is 2.06. The maximum atomic E-state index is 10.4. The van der Waals surface area contributed by atoms with Gasteiger partial charge in [-0.05, 0) is 25.0 Å². The van der Waals surface area contributed by atoms with Crippen LogP contribution in [0.3, 0.4) is 0 Å². The number of carbonyl (C=O) groups is 1. The summed E-state index contributed by atoms with van der Waals surface area (Å²) in [5.41, 5.74) is 1.18. The van der Waals surface area contributed by atoms with Gasteiger partial charge in [-0.1, -0.05) is 34.1 Å². The van der Waals surface area contributed by atoms with Gasteiger partial charge in [0.05, 0.1) is 6.54 Å². The minimum atomic E-state index is -0.825. The van der Waals surface area contributed by atoms with Crippen molar-refractivity contribution in [3.05, 3.63) is 34.3 Å². The predicted molar refractivity (Wildman–Crippen MR) is 62.9 cm³/mol. The lowest BCUT2D eigenvalue weighted by atomic mass is 10.1. The zero-order chi connectivity index (χ0) is 11.3. The van der Waals surface area contributed by atoms with Crippen LogP contribution in [0.1, 0.15) is 12.5 Å². The van der Waals surface area contributed by atoms with Crippen molar-refractivity contribution in [1.82, 2.24) is 5.32 Å². The van der Waals surface area contributed by atoms with Gasteiger partial charge in [0.2, 0.25) is 0 Å². The lowest BCUT2D eigenvalue weighted by Crippen LogP contribution is -2.32. The van der Waals surface area contributed by atoms with Gasteiger partial charge in [-0.25, -0.2) is 0 Å². The van der Waals surface area contributed by atoms with E-state index in [1.807, 2.05) is 31.2 Å². The number of hydrogen-bond donors (Lipinski definition) is 2. The van der Waals surface area contributed by atoms with Crippen molar-refractivity contribution >= 4 is 21.9 Å². The number of carboxylic acids is 1. The summed E-state index contributed by atoms with van der Waals surface area (Å²) in [7, 11) is 0. The van der Waals surface area contributed by atoms with Crippen molar-refractivity contribution < 1.29 is 9.90 Å². The van der Waals surface area contributed by atoms with Gasteiger partial charge in [-0.3, -0.25) is 4.79 Å². The largest absolute Gasteiger partial charge is 0.480 e.